The fraction of sp³-hybridized carbons (Fsp3) is 0.100. The molecule has 0 heterocycles. The van der Waals surface area contributed by atoms with E-state index in [1.54, 1.807) is 24.3 Å². The molecule has 0 spiro atoms. The van der Waals surface area contributed by atoms with Crippen LogP contribution >= 0.6 is 11.6 Å². The standard InChI is InChI=1S/C10H10ClNO2/c1-7(10(13)14)6-12-9-4-2-3-8(11)5-9/h2-5,12H,1,6H2,(H,13,14). The minimum absolute atomic E-state index is 0.116. The van der Waals surface area contributed by atoms with E-state index in [-0.39, 0.29) is 12.1 Å². The molecule has 0 aliphatic heterocycles. The SMILES string of the molecule is C=C(CNc1cccc(Cl)c1)C(=O)O. The molecule has 0 aromatic heterocycles. The molecule has 1 rings (SSSR count). The zero-order valence-electron chi connectivity index (χ0n) is 7.46. The first kappa shape index (κ1) is 10.6. The van der Waals surface area contributed by atoms with Crippen LogP contribution in [0.4, 0.5) is 5.69 Å². The van der Waals surface area contributed by atoms with E-state index in [1.807, 2.05) is 0 Å². The number of carboxylic acids is 1. The van der Waals surface area contributed by atoms with Gasteiger partial charge in [-0.05, 0) is 18.2 Å². The average molecular weight is 212 g/mol. The Morgan fingerprint density at radius 3 is 2.86 bits per heavy atom. The van der Waals surface area contributed by atoms with Crippen molar-refractivity contribution in [2.24, 2.45) is 0 Å². The van der Waals surface area contributed by atoms with Crippen LogP contribution in [0.3, 0.4) is 0 Å². The van der Waals surface area contributed by atoms with Crippen molar-refractivity contribution >= 4 is 23.3 Å². The number of benzene rings is 1. The van der Waals surface area contributed by atoms with Crippen LogP contribution in [0.25, 0.3) is 0 Å². The van der Waals surface area contributed by atoms with Crippen LogP contribution < -0.4 is 5.32 Å². The molecule has 0 fully saturated rings. The third-order valence-electron chi connectivity index (χ3n) is 1.63. The molecular formula is C10H10ClNO2. The molecule has 0 saturated carbocycles. The van der Waals surface area contributed by atoms with Crippen molar-refractivity contribution in [1.29, 1.82) is 0 Å². The number of anilines is 1. The van der Waals surface area contributed by atoms with Gasteiger partial charge in [-0.15, -0.1) is 0 Å². The molecule has 0 bridgehead atoms. The van der Waals surface area contributed by atoms with E-state index in [0.717, 1.165) is 5.69 Å². The molecule has 1 aromatic rings. The van der Waals surface area contributed by atoms with Gasteiger partial charge in [-0.25, -0.2) is 4.79 Å². The van der Waals surface area contributed by atoms with Gasteiger partial charge in [0.2, 0.25) is 0 Å². The van der Waals surface area contributed by atoms with Gasteiger partial charge in [-0.3, -0.25) is 0 Å². The topological polar surface area (TPSA) is 49.3 Å². The molecule has 0 amide bonds. The maximum Gasteiger partial charge on any atom is 0.332 e. The van der Waals surface area contributed by atoms with Crippen LogP contribution in [-0.2, 0) is 4.79 Å². The van der Waals surface area contributed by atoms with Crippen molar-refractivity contribution in [3.8, 4) is 0 Å². The molecule has 3 nitrogen and oxygen atoms in total. The Hall–Kier alpha value is -1.48. The summed E-state index contributed by atoms with van der Waals surface area (Å²) in [6.07, 6.45) is 0. The summed E-state index contributed by atoms with van der Waals surface area (Å²) in [6, 6.07) is 7.06. The van der Waals surface area contributed by atoms with E-state index in [1.165, 1.54) is 0 Å². The smallest absolute Gasteiger partial charge is 0.332 e. The third-order valence-corrected chi connectivity index (χ3v) is 1.87. The molecule has 0 saturated heterocycles. The number of hydrogen-bond donors (Lipinski definition) is 2. The first-order chi connectivity index (χ1) is 6.59. The van der Waals surface area contributed by atoms with Gasteiger partial charge in [-0.1, -0.05) is 24.2 Å². The van der Waals surface area contributed by atoms with Gasteiger partial charge in [-0.2, -0.15) is 0 Å². The van der Waals surface area contributed by atoms with Crippen LogP contribution in [0.15, 0.2) is 36.4 Å². The Labute approximate surface area is 87.0 Å². The van der Waals surface area contributed by atoms with E-state index in [9.17, 15) is 4.79 Å². The maximum atomic E-state index is 10.4. The van der Waals surface area contributed by atoms with Crippen molar-refractivity contribution in [3.05, 3.63) is 41.4 Å². The molecule has 0 aliphatic rings. The highest BCUT2D eigenvalue weighted by molar-refractivity contribution is 6.30. The summed E-state index contributed by atoms with van der Waals surface area (Å²) in [5.41, 5.74) is 0.893. The monoisotopic (exact) mass is 211 g/mol. The van der Waals surface area contributed by atoms with Crippen molar-refractivity contribution < 1.29 is 9.90 Å². The Balaban J connectivity index is 2.54. The Morgan fingerprint density at radius 2 is 2.29 bits per heavy atom. The van der Waals surface area contributed by atoms with E-state index in [0.29, 0.717) is 5.02 Å². The summed E-state index contributed by atoms with van der Waals surface area (Å²) in [7, 11) is 0. The normalized spacial score (nSPS) is 9.50. The van der Waals surface area contributed by atoms with Crippen molar-refractivity contribution in [2.45, 2.75) is 0 Å². The number of carboxylic acid groups (broad SMARTS) is 1. The Kier molecular flexibility index (Phi) is 3.54. The fourth-order valence-corrected chi connectivity index (χ4v) is 1.07. The predicted octanol–water partition coefficient (Wildman–Crippen LogP) is 2.39. The summed E-state index contributed by atoms with van der Waals surface area (Å²) >= 11 is 5.74. The van der Waals surface area contributed by atoms with Crippen LogP contribution in [-0.4, -0.2) is 17.6 Å². The molecule has 74 valence electrons. The largest absolute Gasteiger partial charge is 0.478 e. The zero-order chi connectivity index (χ0) is 10.6. The average Bonchev–Trinajstić information content (AvgIpc) is 2.14. The first-order valence-corrected chi connectivity index (χ1v) is 4.38. The van der Waals surface area contributed by atoms with Crippen LogP contribution in [0, 0.1) is 0 Å². The van der Waals surface area contributed by atoms with Crippen molar-refractivity contribution in [2.75, 3.05) is 11.9 Å². The van der Waals surface area contributed by atoms with Gasteiger partial charge in [0, 0.05) is 22.8 Å². The lowest BCUT2D eigenvalue weighted by molar-refractivity contribution is -0.132. The number of aliphatic carboxylic acids is 1. The molecule has 0 unspecified atom stereocenters. The number of rotatable bonds is 4. The minimum atomic E-state index is -1.00. The summed E-state index contributed by atoms with van der Waals surface area (Å²) in [5.74, 6) is -1.00. The lowest BCUT2D eigenvalue weighted by atomic mass is 10.3. The molecule has 14 heavy (non-hydrogen) atoms. The molecule has 0 radical (unpaired) electrons. The Bertz CT molecular complexity index is 363. The summed E-state index contributed by atoms with van der Waals surface area (Å²) in [4.78, 5) is 10.4. The fourth-order valence-electron chi connectivity index (χ4n) is 0.883. The van der Waals surface area contributed by atoms with Crippen LogP contribution in [0.5, 0.6) is 0 Å². The lowest BCUT2D eigenvalue weighted by Gasteiger charge is -2.05. The van der Waals surface area contributed by atoms with E-state index in [2.05, 4.69) is 11.9 Å². The number of hydrogen-bond acceptors (Lipinski definition) is 2. The second-order valence-electron chi connectivity index (χ2n) is 2.77. The van der Waals surface area contributed by atoms with Crippen molar-refractivity contribution in [1.82, 2.24) is 0 Å². The summed E-state index contributed by atoms with van der Waals surface area (Å²) in [6.45, 7) is 3.60. The highest BCUT2D eigenvalue weighted by Crippen LogP contribution is 2.14. The van der Waals surface area contributed by atoms with Gasteiger partial charge in [0.15, 0.2) is 0 Å². The van der Waals surface area contributed by atoms with Gasteiger partial charge in [0.05, 0.1) is 0 Å². The summed E-state index contributed by atoms with van der Waals surface area (Å²) in [5, 5.41) is 12.1. The second kappa shape index (κ2) is 4.67. The van der Waals surface area contributed by atoms with Gasteiger partial charge < -0.3 is 10.4 Å². The van der Waals surface area contributed by atoms with E-state index >= 15 is 0 Å². The zero-order valence-corrected chi connectivity index (χ0v) is 8.21. The molecule has 2 N–H and O–H groups in total. The van der Waals surface area contributed by atoms with Crippen LogP contribution in [0.2, 0.25) is 5.02 Å². The molecule has 1 aromatic carbocycles. The quantitative estimate of drug-likeness (QED) is 0.752. The van der Waals surface area contributed by atoms with Crippen molar-refractivity contribution in [3.63, 3.8) is 0 Å². The highest BCUT2D eigenvalue weighted by atomic mass is 35.5. The molecular weight excluding hydrogens is 202 g/mol. The highest BCUT2D eigenvalue weighted by Gasteiger charge is 2.02. The number of nitrogens with one attached hydrogen (secondary N) is 1. The predicted molar refractivity (Wildman–Crippen MR) is 56.7 cm³/mol. The number of halogens is 1. The van der Waals surface area contributed by atoms with Gasteiger partial charge in [0.1, 0.15) is 0 Å². The second-order valence-corrected chi connectivity index (χ2v) is 3.21. The number of carbonyl (C=O) groups is 1. The van der Waals surface area contributed by atoms with Gasteiger partial charge in [0.25, 0.3) is 0 Å². The summed E-state index contributed by atoms with van der Waals surface area (Å²) < 4.78 is 0. The third kappa shape index (κ3) is 3.11. The lowest BCUT2D eigenvalue weighted by Crippen LogP contribution is -2.10. The molecule has 0 atom stereocenters. The van der Waals surface area contributed by atoms with Gasteiger partial charge >= 0.3 is 5.97 Å². The minimum Gasteiger partial charge on any atom is -0.478 e. The van der Waals surface area contributed by atoms with E-state index in [4.69, 9.17) is 16.7 Å². The van der Waals surface area contributed by atoms with E-state index < -0.39 is 5.97 Å². The Morgan fingerprint density at radius 1 is 1.57 bits per heavy atom. The molecule has 0 aliphatic carbocycles. The maximum absolute atomic E-state index is 10.4. The van der Waals surface area contributed by atoms with Crippen LogP contribution in [0.1, 0.15) is 0 Å². The first-order valence-electron chi connectivity index (χ1n) is 4.00. The molecule has 4 heteroatoms.